The summed E-state index contributed by atoms with van der Waals surface area (Å²) >= 11 is 0. The summed E-state index contributed by atoms with van der Waals surface area (Å²) in [5.41, 5.74) is 2.26. The van der Waals surface area contributed by atoms with Gasteiger partial charge in [0.05, 0.1) is 17.8 Å². The normalized spacial score (nSPS) is 10.8. The summed E-state index contributed by atoms with van der Waals surface area (Å²) in [7, 11) is 0. The summed E-state index contributed by atoms with van der Waals surface area (Å²) in [6.45, 7) is 1.79. The molecule has 0 aliphatic rings. The number of rotatable bonds is 1. The molecule has 1 aromatic carbocycles. The van der Waals surface area contributed by atoms with Crippen LogP contribution in [-0.2, 0) is 6.61 Å². The lowest BCUT2D eigenvalue weighted by atomic mass is 10.1. The van der Waals surface area contributed by atoms with Crippen LogP contribution in [-0.4, -0.2) is 10.1 Å². The second-order valence-electron chi connectivity index (χ2n) is 3.25. The molecule has 1 heterocycles. The van der Waals surface area contributed by atoms with Gasteiger partial charge < -0.3 is 5.11 Å². The maximum Gasteiger partial charge on any atom is 0.123 e. The monoisotopic (exact) mass is 191 g/mol. The highest BCUT2D eigenvalue weighted by Gasteiger charge is 2.02. The van der Waals surface area contributed by atoms with Crippen LogP contribution in [0.3, 0.4) is 0 Å². The number of aliphatic hydroxyl groups excluding tert-OH is 1. The number of aliphatic hydroxyl groups is 1. The predicted octanol–water partition coefficient (Wildman–Crippen LogP) is 2.17. The topological polar surface area (TPSA) is 33.1 Å². The van der Waals surface area contributed by atoms with Crippen molar-refractivity contribution in [3.8, 4) is 0 Å². The third-order valence-electron chi connectivity index (χ3n) is 2.19. The van der Waals surface area contributed by atoms with Crippen molar-refractivity contribution in [1.82, 2.24) is 4.98 Å². The highest BCUT2D eigenvalue weighted by Crippen LogP contribution is 2.18. The smallest absolute Gasteiger partial charge is 0.123 e. The van der Waals surface area contributed by atoms with E-state index in [1.807, 2.05) is 6.92 Å². The molecule has 0 spiro atoms. The van der Waals surface area contributed by atoms with Crippen LogP contribution >= 0.6 is 0 Å². The van der Waals surface area contributed by atoms with Gasteiger partial charge in [0, 0.05) is 5.39 Å². The van der Waals surface area contributed by atoms with Gasteiger partial charge >= 0.3 is 0 Å². The Morgan fingerprint density at radius 1 is 1.36 bits per heavy atom. The average Bonchev–Trinajstić information content (AvgIpc) is 2.19. The first kappa shape index (κ1) is 9.09. The van der Waals surface area contributed by atoms with E-state index in [0.717, 1.165) is 16.5 Å². The Hall–Kier alpha value is -1.48. The third kappa shape index (κ3) is 1.46. The van der Waals surface area contributed by atoms with Gasteiger partial charge in [-0.25, -0.2) is 4.39 Å². The molecule has 0 radical (unpaired) electrons. The van der Waals surface area contributed by atoms with Gasteiger partial charge in [0.25, 0.3) is 0 Å². The van der Waals surface area contributed by atoms with E-state index < -0.39 is 0 Å². The summed E-state index contributed by atoms with van der Waals surface area (Å²) in [5, 5.41) is 9.73. The molecule has 0 amide bonds. The molecule has 0 saturated carbocycles. The Kier molecular flexibility index (Phi) is 2.17. The van der Waals surface area contributed by atoms with Crippen molar-refractivity contribution in [2.75, 3.05) is 0 Å². The summed E-state index contributed by atoms with van der Waals surface area (Å²) in [6.07, 6.45) is 0. The Balaban J connectivity index is 2.76. The van der Waals surface area contributed by atoms with Crippen LogP contribution in [0.15, 0.2) is 24.3 Å². The van der Waals surface area contributed by atoms with E-state index in [1.165, 1.54) is 12.1 Å². The number of hydrogen-bond donors (Lipinski definition) is 1. The molecule has 2 nitrogen and oxygen atoms in total. The minimum Gasteiger partial charge on any atom is -0.390 e. The second-order valence-corrected chi connectivity index (χ2v) is 3.25. The number of aryl methyl sites for hydroxylation is 1. The minimum absolute atomic E-state index is 0.0891. The number of hydrogen-bond acceptors (Lipinski definition) is 2. The molecule has 0 bridgehead atoms. The van der Waals surface area contributed by atoms with Gasteiger partial charge in [0.2, 0.25) is 0 Å². The van der Waals surface area contributed by atoms with Crippen LogP contribution < -0.4 is 0 Å². The van der Waals surface area contributed by atoms with E-state index in [0.29, 0.717) is 5.69 Å². The minimum atomic E-state index is -0.265. The fourth-order valence-electron chi connectivity index (χ4n) is 1.52. The molecule has 3 heteroatoms. The molecule has 2 aromatic rings. The highest BCUT2D eigenvalue weighted by molar-refractivity contribution is 5.82. The van der Waals surface area contributed by atoms with Crippen molar-refractivity contribution >= 4 is 10.9 Å². The van der Waals surface area contributed by atoms with Crippen molar-refractivity contribution < 1.29 is 9.50 Å². The molecule has 0 fully saturated rings. The van der Waals surface area contributed by atoms with Gasteiger partial charge in [-0.1, -0.05) is 0 Å². The summed E-state index contributed by atoms with van der Waals surface area (Å²) in [6, 6.07) is 6.22. The number of fused-ring (bicyclic) bond motifs is 1. The molecule has 1 N–H and O–H groups in total. The number of halogens is 1. The van der Waals surface area contributed by atoms with E-state index in [9.17, 15) is 4.39 Å². The van der Waals surface area contributed by atoms with E-state index in [-0.39, 0.29) is 12.4 Å². The number of aromatic nitrogens is 1. The van der Waals surface area contributed by atoms with Crippen molar-refractivity contribution in [3.05, 3.63) is 41.3 Å². The SMILES string of the molecule is Cc1cc(CO)nc2ccc(F)cc12. The largest absolute Gasteiger partial charge is 0.390 e. The fourth-order valence-corrected chi connectivity index (χ4v) is 1.52. The van der Waals surface area contributed by atoms with Gasteiger partial charge in [0.1, 0.15) is 5.82 Å². The second kappa shape index (κ2) is 3.35. The first-order valence-corrected chi connectivity index (χ1v) is 4.37. The lowest BCUT2D eigenvalue weighted by Crippen LogP contribution is -1.92. The molecule has 0 aliphatic carbocycles. The molecule has 1 aromatic heterocycles. The zero-order valence-corrected chi connectivity index (χ0v) is 7.79. The lowest BCUT2D eigenvalue weighted by Gasteiger charge is -2.04. The molecule has 2 rings (SSSR count). The Bertz CT molecular complexity index is 482. The highest BCUT2D eigenvalue weighted by atomic mass is 19.1. The molecule has 72 valence electrons. The summed E-state index contributed by atoms with van der Waals surface area (Å²) in [5.74, 6) is -0.265. The fraction of sp³-hybridized carbons (Fsp3) is 0.182. The average molecular weight is 191 g/mol. The maximum absolute atomic E-state index is 12.9. The molecule has 0 saturated heterocycles. The Morgan fingerprint density at radius 3 is 2.86 bits per heavy atom. The van der Waals surface area contributed by atoms with E-state index in [4.69, 9.17) is 5.11 Å². The lowest BCUT2D eigenvalue weighted by molar-refractivity contribution is 0.277. The zero-order valence-electron chi connectivity index (χ0n) is 7.79. The van der Waals surface area contributed by atoms with E-state index in [1.54, 1.807) is 12.1 Å². The van der Waals surface area contributed by atoms with Gasteiger partial charge in [-0.05, 0) is 36.8 Å². The Morgan fingerprint density at radius 2 is 2.14 bits per heavy atom. The summed E-state index contributed by atoms with van der Waals surface area (Å²) < 4.78 is 12.9. The number of pyridine rings is 1. The third-order valence-corrected chi connectivity index (χ3v) is 2.19. The van der Waals surface area contributed by atoms with Crippen LogP contribution in [0, 0.1) is 12.7 Å². The maximum atomic E-state index is 12.9. The van der Waals surface area contributed by atoms with Crippen LogP contribution in [0.4, 0.5) is 4.39 Å². The zero-order chi connectivity index (χ0) is 10.1. The van der Waals surface area contributed by atoms with Crippen LogP contribution in [0.25, 0.3) is 10.9 Å². The molecular formula is C11H10FNO. The summed E-state index contributed by atoms with van der Waals surface area (Å²) in [4.78, 5) is 4.18. The first-order chi connectivity index (χ1) is 6.70. The van der Waals surface area contributed by atoms with Gasteiger partial charge in [-0.3, -0.25) is 4.98 Å². The Labute approximate surface area is 81.0 Å². The first-order valence-electron chi connectivity index (χ1n) is 4.37. The van der Waals surface area contributed by atoms with Crippen LogP contribution in [0.5, 0.6) is 0 Å². The van der Waals surface area contributed by atoms with Crippen molar-refractivity contribution in [2.45, 2.75) is 13.5 Å². The van der Waals surface area contributed by atoms with E-state index >= 15 is 0 Å². The quantitative estimate of drug-likeness (QED) is 0.749. The number of benzene rings is 1. The molecule has 14 heavy (non-hydrogen) atoms. The van der Waals surface area contributed by atoms with Gasteiger partial charge in [-0.2, -0.15) is 0 Å². The van der Waals surface area contributed by atoms with Crippen LogP contribution in [0.1, 0.15) is 11.3 Å². The van der Waals surface area contributed by atoms with Gasteiger partial charge in [0.15, 0.2) is 0 Å². The van der Waals surface area contributed by atoms with Crippen molar-refractivity contribution in [3.63, 3.8) is 0 Å². The predicted molar refractivity (Wildman–Crippen MR) is 52.4 cm³/mol. The molecule has 0 aliphatic heterocycles. The van der Waals surface area contributed by atoms with E-state index in [2.05, 4.69) is 4.98 Å². The standard InChI is InChI=1S/C11H10FNO/c1-7-4-9(6-14)13-11-3-2-8(12)5-10(7)11/h2-5,14H,6H2,1H3. The van der Waals surface area contributed by atoms with Gasteiger partial charge in [-0.15, -0.1) is 0 Å². The molecular weight excluding hydrogens is 181 g/mol. The van der Waals surface area contributed by atoms with Crippen molar-refractivity contribution in [2.24, 2.45) is 0 Å². The van der Waals surface area contributed by atoms with Crippen molar-refractivity contribution in [1.29, 1.82) is 0 Å². The molecule has 0 unspecified atom stereocenters. The number of nitrogens with zero attached hydrogens (tertiary/aromatic N) is 1. The van der Waals surface area contributed by atoms with Crippen LogP contribution in [0.2, 0.25) is 0 Å². The molecule has 0 atom stereocenters.